The van der Waals surface area contributed by atoms with Crippen molar-refractivity contribution in [2.24, 2.45) is 0 Å². The van der Waals surface area contributed by atoms with Crippen LogP contribution in [0.4, 0.5) is 4.39 Å². The second-order valence-corrected chi connectivity index (χ2v) is 5.48. The maximum absolute atomic E-state index is 12.8. The van der Waals surface area contributed by atoms with Crippen molar-refractivity contribution in [1.82, 2.24) is 9.80 Å². The second kappa shape index (κ2) is 7.98. The smallest absolute Gasteiger partial charge is 0.236 e. The van der Waals surface area contributed by atoms with Crippen LogP contribution in [-0.4, -0.2) is 55.5 Å². The van der Waals surface area contributed by atoms with Crippen LogP contribution >= 0.6 is 0 Å². The Morgan fingerprint density at radius 3 is 2.57 bits per heavy atom. The second-order valence-electron chi connectivity index (χ2n) is 5.48. The van der Waals surface area contributed by atoms with Gasteiger partial charge in [0.05, 0.1) is 6.54 Å². The van der Waals surface area contributed by atoms with E-state index in [1.165, 1.54) is 18.6 Å². The van der Waals surface area contributed by atoms with Crippen molar-refractivity contribution >= 4 is 5.91 Å². The predicted molar refractivity (Wildman–Crippen MR) is 79.8 cm³/mol. The Kier molecular flexibility index (Phi) is 5.99. The summed E-state index contributed by atoms with van der Waals surface area (Å²) < 4.78 is 18.3. The number of rotatable bonds is 6. The van der Waals surface area contributed by atoms with E-state index in [9.17, 15) is 9.18 Å². The van der Waals surface area contributed by atoms with E-state index in [-0.39, 0.29) is 11.7 Å². The molecule has 1 aliphatic heterocycles. The van der Waals surface area contributed by atoms with Crippen molar-refractivity contribution in [3.63, 3.8) is 0 Å². The minimum Gasteiger partial charge on any atom is -0.492 e. The Hall–Kier alpha value is -1.62. The summed E-state index contributed by atoms with van der Waals surface area (Å²) in [5, 5.41) is 0. The Labute approximate surface area is 125 Å². The Bertz CT molecular complexity index is 444. The van der Waals surface area contributed by atoms with Crippen molar-refractivity contribution < 1.29 is 13.9 Å². The number of hydrogen-bond donors (Lipinski definition) is 0. The van der Waals surface area contributed by atoms with Crippen molar-refractivity contribution in [1.29, 1.82) is 0 Å². The van der Waals surface area contributed by atoms with Crippen LogP contribution in [0.5, 0.6) is 5.75 Å². The number of nitrogens with zero attached hydrogens (tertiary/aromatic N) is 2. The molecule has 1 aliphatic rings. The number of halogens is 1. The van der Waals surface area contributed by atoms with E-state index in [1.54, 1.807) is 12.1 Å². The number of hydrogen-bond acceptors (Lipinski definition) is 3. The molecule has 0 radical (unpaired) electrons. The van der Waals surface area contributed by atoms with E-state index >= 15 is 0 Å². The zero-order chi connectivity index (χ0) is 15.1. The summed E-state index contributed by atoms with van der Waals surface area (Å²) in [7, 11) is 1.91. The fraction of sp³-hybridized carbons (Fsp3) is 0.562. The summed E-state index contributed by atoms with van der Waals surface area (Å²) in [5.41, 5.74) is 0. The molecule has 0 spiro atoms. The van der Waals surface area contributed by atoms with Crippen LogP contribution in [0.2, 0.25) is 0 Å². The molecule has 1 saturated heterocycles. The highest BCUT2D eigenvalue weighted by Crippen LogP contribution is 2.11. The minimum atomic E-state index is -0.272. The number of piperidine rings is 1. The molecule has 0 aromatic heterocycles. The molecule has 1 aromatic carbocycles. The third-order valence-corrected chi connectivity index (χ3v) is 3.67. The molecule has 1 fully saturated rings. The highest BCUT2D eigenvalue weighted by atomic mass is 19.1. The van der Waals surface area contributed by atoms with Crippen LogP contribution in [0, 0.1) is 5.82 Å². The molecule has 2 rings (SSSR count). The summed E-state index contributed by atoms with van der Waals surface area (Å²) in [6, 6.07) is 5.96. The molecule has 1 heterocycles. The first kappa shape index (κ1) is 15.8. The molecular weight excluding hydrogens is 271 g/mol. The lowest BCUT2D eigenvalue weighted by Crippen LogP contribution is -2.42. The van der Waals surface area contributed by atoms with Crippen molar-refractivity contribution in [2.75, 3.05) is 39.8 Å². The first-order valence-electron chi connectivity index (χ1n) is 7.50. The average molecular weight is 294 g/mol. The van der Waals surface area contributed by atoms with E-state index in [0.717, 1.165) is 25.9 Å². The topological polar surface area (TPSA) is 32.8 Å². The van der Waals surface area contributed by atoms with E-state index in [0.29, 0.717) is 25.4 Å². The standard InChI is InChI=1S/C16H23FN2O2/c1-18(13-16(20)19-9-3-2-4-10-19)11-12-21-15-7-5-14(17)6-8-15/h5-8H,2-4,9-13H2,1H3. The molecule has 1 aromatic rings. The van der Waals surface area contributed by atoms with Crippen LogP contribution in [0.15, 0.2) is 24.3 Å². The largest absolute Gasteiger partial charge is 0.492 e. The Morgan fingerprint density at radius 1 is 1.24 bits per heavy atom. The van der Waals surface area contributed by atoms with Crippen LogP contribution in [0.1, 0.15) is 19.3 Å². The molecule has 5 heteroatoms. The van der Waals surface area contributed by atoms with Gasteiger partial charge in [0.2, 0.25) is 5.91 Å². The van der Waals surface area contributed by atoms with Gasteiger partial charge in [-0.05, 0) is 50.6 Å². The molecule has 0 atom stereocenters. The maximum atomic E-state index is 12.8. The van der Waals surface area contributed by atoms with Gasteiger partial charge in [0, 0.05) is 19.6 Å². The zero-order valence-electron chi connectivity index (χ0n) is 12.6. The lowest BCUT2D eigenvalue weighted by Gasteiger charge is -2.28. The van der Waals surface area contributed by atoms with Gasteiger partial charge in [-0.1, -0.05) is 0 Å². The number of likely N-dealkylation sites (N-methyl/N-ethyl adjacent to an activating group) is 1. The molecule has 0 saturated carbocycles. The van der Waals surface area contributed by atoms with Gasteiger partial charge in [0.15, 0.2) is 0 Å². The van der Waals surface area contributed by atoms with Gasteiger partial charge in [-0.3, -0.25) is 9.69 Å². The molecule has 0 bridgehead atoms. The SMILES string of the molecule is CN(CCOc1ccc(F)cc1)CC(=O)N1CCCCC1. The van der Waals surface area contributed by atoms with Crippen LogP contribution < -0.4 is 4.74 Å². The molecule has 21 heavy (non-hydrogen) atoms. The van der Waals surface area contributed by atoms with Gasteiger partial charge in [-0.25, -0.2) is 4.39 Å². The van der Waals surface area contributed by atoms with Gasteiger partial charge >= 0.3 is 0 Å². The normalized spacial score (nSPS) is 15.3. The lowest BCUT2D eigenvalue weighted by atomic mass is 10.1. The van der Waals surface area contributed by atoms with E-state index in [4.69, 9.17) is 4.74 Å². The summed E-state index contributed by atoms with van der Waals surface area (Å²) in [5.74, 6) is 0.567. The monoisotopic (exact) mass is 294 g/mol. The van der Waals surface area contributed by atoms with Crippen LogP contribution in [0.3, 0.4) is 0 Å². The van der Waals surface area contributed by atoms with Crippen molar-refractivity contribution in [2.45, 2.75) is 19.3 Å². The van der Waals surface area contributed by atoms with Gasteiger partial charge in [0.1, 0.15) is 18.2 Å². The summed E-state index contributed by atoms with van der Waals surface area (Å²) in [4.78, 5) is 16.0. The average Bonchev–Trinajstić information content (AvgIpc) is 2.50. The highest BCUT2D eigenvalue weighted by molar-refractivity contribution is 5.78. The van der Waals surface area contributed by atoms with Crippen molar-refractivity contribution in [3.05, 3.63) is 30.1 Å². The fourth-order valence-corrected chi connectivity index (χ4v) is 2.40. The number of carbonyl (C=O) groups excluding carboxylic acids is 1. The van der Waals surface area contributed by atoms with Crippen LogP contribution in [-0.2, 0) is 4.79 Å². The number of amides is 1. The summed E-state index contributed by atoms with van der Waals surface area (Å²) >= 11 is 0. The molecule has 0 aliphatic carbocycles. The fourth-order valence-electron chi connectivity index (χ4n) is 2.40. The third-order valence-electron chi connectivity index (χ3n) is 3.67. The Morgan fingerprint density at radius 2 is 1.90 bits per heavy atom. The zero-order valence-corrected chi connectivity index (χ0v) is 12.6. The van der Waals surface area contributed by atoms with E-state index < -0.39 is 0 Å². The number of carbonyl (C=O) groups is 1. The minimum absolute atomic E-state index is 0.194. The third kappa shape index (κ3) is 5.34. The van der Waals surface area contributed by atoms with Gasteiger partial charge < -0.3 is 9.64 Å². The van der Waals surface area contributed by atoms with E-state index in [1.807, 2.05) is 16.8 Å². The number of likely N-dealkylation sites (tertiary alicyclic amines) is 1. The lowest BCUT2D eigenvalue weighted by molar-refractivity contribution is -0.133. The number of benzene rings is 1. The van der Waals surface area contributed by atoms with Crippen LogP contribution in [0.25, 0.3) is 0 Å². The van der Waals surface area contributed by atoms with Gasteiger partial charge in [-0.2, -0.15) is 0 Å². The molecule has 1 amide bonds. The quantitative estimate of drug-likeness (QED) is 0.806. The molecule has 4 nitrogen and oxygen atoms in total. The van der Waals surface area contributed by atoms with Crippen molar-refractivity contribution in [3.8, 4) is 5.75 Å². The molecule has 0 unspecified atom stereocenters. The van der Waals surface area contributed by atoms with Gasteiger partial charge in [0.25, 0.3) is 0 Å². The molecular formula is C16H23FN2O2. The molecule has 116 valence electrons. The first-order valence-corrected chi connectivity index (χ1v) is 7.50. The summed E-state index contributed by atoms with van der Waals surface area (Å²) in [6.45, 7) is 3.34. The summed E-state index contributed by atoms with van der Waals surface area (Å²) in [6.07, 6.45) is 3.46. The first-order chi connectivity index (χ1) is 10.1. The highest BCUT2D eigenvalue weighted by Gasteiger charge is 2.17. The Balaban J connectivity index is 1.65. The van der Waals surface area contributed by atoms with Gasteiger partial charge in [-0.15, -0.1) is 0 Å². The maximum Gasteiger partial charge on any atom is 0.236 e. The predicted octanol–water partition coefficient (Wildman–Crippen LogP) is 2.15. The number of ether oxygens (including phenoxy) is 1. The van der Waals surface area contributed by atoms with E-state index in [2.05, 4.69) is 0 Å². The molecule has 0 N–H and O–H groups in total.